The molecule has 1 aliphatic heterocycles. The van der Waals surface area contributed by atoms with Gasteiger partial charge in [-0.25, -0.2) is 0 Å². The smallest absolute Gasteiger partial charge is 0.220 e. The molecule has 1 unspecified atom stereocenters. The fourth-order valence-corrected chi connectivity index (χ4v) is 3.10. The number of amides is 1. The van der Waals surface area contributed by atoms with Crippen LogP contribution in [0.1, 0.15) is 52.4 Å². The van der Waals surface area contributed by atoms with Crippen LogP contribution < -0.4 is 11.1 Å². The van der Waals surface area contributed by atoms with E-state index in [4.69, 9.17) is 10.5 Å². The molecule has 4 heteroatoms. The average Bonchev–Trinajstić information content (AvgIpc) is 2.67. The predicted molar refractivity (Wildman–Crippen MR) is 71.1 cm³/mol. The third kappa shape index (κ3) is 3.69. The Hall–Kier alpha value is -0.610. The summed E-state index contributed by atoms with van der Waals surface area (Å²) in [5.41, 5.74) is 5.39. The van der Waals surface area contributed by atoms with E-state index >= 15 is 0 Å². The minimum atomic E-state index is -0.130. The maximum absolute atomic E-state index is 11.1. The van der Waals surface area contributed by atoms with Crippen molar-refractivity contribution in [2.24, 2.45) is 11.7 Å². The Kier molecular flexibility index (Phi) is 4.28. The molecule has 104 valence electrons. The molecule has 1 saturated carbocycles. The molecule has 0 radical (unpaired) electrons. The lowest BCUT2D eigenvalue weighted by molar-refractivity contribution is -0.122. The van der Waals surface area contributed by atoms with Gasteiger partial charge in [0.25, 0.3) is 0 Å². The van der Waals surface area contributed by atoms with Gasteiger partial charge in [-0.15, -0.1) is 0 Å². The van der Waals surface area contributed by atoms with Gasteiger partial charge in [-0.05, 0) is 52.4 Å². The Morgan fingerprint density at radius 3 is 2.44 bits per heavy atom. The van der Waals surface area contributed by atoms with Crippen molar-refractivity contribution in [1.82, 2.24) is 5.32 Å². The van der Waals surface area contributed by atoms with Gasteiger partial charge in [0.05, 0.1) is 11.7 Å². The van der Waals surface area contributed by atoms with Crippen molar-refractivity contribution in [2.75, 3.05) is 6.54 Å². The van der Waals surface area contributed by atoms with Gasteiger partial charge in [0.1, 0.15) is 0 Å². The number of carbonyl (C=O) groups excluding carboxylic acids is 1. The number of nitrogens with two attached hydrogens (primary N) is 1. The second-order valence-corrected chi connectivity index (χ2v) is 6.40. The van der Waals surface area contributed by atoms with Crippen molar-refractivity contribution in [2.45, 2.75) is 70.1 Å². The summed E-state index contributed by atoms with van der Waals surface area (Å²) in [5.74, 6) is -0.0287. The van der Waals surface area contributed by atoms with Crippen molar-refractivity contribution < 1.29 is 9.53 Å². The van der Waals surface area contributed by atoms with E-state index in [9.17, 15) is 4.79 Å². The Labute approximate surface area is 110 Å². The zero-order chi connectivity index (χ0) is 13.2. The normalized spacial score (nSPS) is 35.6. The monoisotopic (exact) mass is 254 g/mol. The molecule has 1 saturated heterocycles. The highest BCUT2D eigenvalue weighted by molar-refractivity contribution is 5.76. The highest BCUT2D eigenvalue weighted by atomic mass is 16.5. The van der Waals surface area contributed by atoms with Crippen LogP contribution in [0.3, 0.4) is 0 Å². The van der Waals surface area contributed by atoms with Gasteiger partial charge in [0.15, 0.2) is 0 Å². The first-order chi connectivity index (χ1) is 8.46. The lowest BCUT2D eigenvalue weighted by Gasteiger charge is -2.28. The standard InChI is InChI=1S/C14H26N2O2/c1-14(2)8-7-12(18-14)9-16-11-5-3-10(4-6-11)13(15)17/h10-12,16H,3-9H2,1-2H3,(H2,15,17). The van der Waals surface area contributed by atoms with Gasteiger partial charge in [-0.2, -0.15) is 0 Å². The summed E-state index contributed by atoms with van der Waals surface area (Å²) in [6.45, 7) is 5.26. The van der Waals surface area contributed by atoms with Gasteiger partial charge >= 0.3 is 0 Å². The fraction of sp³-hybridized carbons (Fsp3) is 0.929. The summed E-state index contributed by atoms with van der Waals surface area (Å²) >= 11 is 0. The first kappa shape index (κ1) is 13.8. The summed E-state index contributed by atoms with van der Waals surface area (Å²) in [7, 11) is 0. The molecule has 1 atom stereocenters. The predicted octanol–water partition coefficient (Wildman–Crippen LogP) is 1.58. The van der Waals surface area contributed by atoms with E-state index < -0.39 is 0 Å². The van der Waals surface area contributed by atoms with Crippen LogP contribution in [0.2, 0.25) is 0 Å². The van der Waals surface area contributed by atoms with Crippen molar-refractivity contribution in [1.29, 1.82) is 0 Å². The zero-order valence-electron chi connectivity index (χ0n) is 11.6. The molecular formula is C14H26N2O2. The van der Waals surface area contributed by atoms with E-state index in [0.717, 1.165) is 45.1 Å². The molecule has 0 aromatic rings. The Morgan fingerprint density at radius 2 is 1.94 bits per heavy atom. The van der Waals surface area contributed by atoms with Crippen LogP contribution in [0.5, 0.6) is 0 Å². The summed E-state index contributed by atoms with van der Waals surface area (Å²) in [4.78, 5) is 11.1. The van der Waals surface area contributed by atoms with Gasteiger partial charge in [0, 0.05) is 18.5 Å². The van der Waals surface area contributed by atoms with E-state index in [1.807, 2.05) is 0 Å². The Balaban J connectivity index is 1.65. The molecule has 2 fully saturated rings. The largest absolute Gasteiger partial charge is 0.371 e. The van der Waals surface area contributed by atoms with Crippen LogP contribution in [0.4, 0.5) is 0 Å². The van der Waals surface area contributed by atoms with Crippen LogP contribution in [0.25, 0.3) is 0 Å². The number of ether oxygens (including phenoxy) is 1. The molecule has 4 nitrogen and oxygen atoms in total. The molecule has 18 heavy (non-hydrogen) atoms. The Morgan fingerprint density at radius 1 is 1.28 bits per heavy atom. The molecular weight excluding hydrogens is 228 g/mol. The summed E-state index contributed by atoms with van der Waals surface area (Å²) < 4.78 is 5.96. The van der Waals surface area contributed by atoms with E-state index in [2.05, 4.69) is 19.2 Å². The third-order valence-corrected chi connectivity index (χ3v) is 4.32. The maximum Gasteiger partial charge on any atom is 0.220 e. The van der Waals surface area contributed by atoms with Crippen LogP contribution >= 0.6 is 0 Å². The summed E-state index contributed by atoms with van der Waals surface area (Å²) in [6.07, 6.45) is 6.64. The third-order valence-electron chi connectivity index (χ3n) is 4.32. The van der Waals surface area contributed by atoms with Gasteiger partial charge in [-0.3, -0.25) is 4.79 Å². The van der Waals surface area contributed by atoms with Crippen molar-refractivity contribution >= 4 is 5.91 Å². The molecule has 1 amide bonds. The Bertz CT molecular complexity index is 296. The van der Waals surface area contributed by atoms with Crippen molar-refractivity contribution in [3.63, 3.8) is 0 Å². The molecule has 3 N–H and O–H groups in total. The maximum atomic E-state index is 11.1. The van der Waals surface area contributed by atoms with Gasteiger partial charge in [-0.1, -0.05) is 0 Å². The number of nitrogens with one attached hydrogen (secondary N) is 1. The van der Waals surface area contributed by atoms with Crippen LogP contribution in [0, 0.1) is 5.92 Å². The molecule has 1 heterocycles. The number of primary amides is 1. The minimum Gasteiger partial charge on any atom is -0.371 e. The molecule has 0 spiro atoms. The quantitative estimate of drug-likeness (QED) is 0.800. The number of hydrogen-bond acceptors (Lipinski definition) is 3. The molecule has 0 aromatic heterocycles. The first-order valence-electron chi connectivity index (χ1n) is 7.17. The summed E-state index contributed by atoms with van der Waals surface area (Å²) in [5, 5.41) is 3.58. The topological polar surface area (TPSA) is 64.3 Å². The zero-order valence-corrected chi connectivity index (χ0v) is 11.6. The highest BCUT2D eigenvalue weighted by Gasteiger charge is 2.32. The molecule has 0 aromatic carbocycles. The van der Waals surface area contributed by atoms with Crippen LogP contribution in [-0.2, 0) is 9.53 Å². The van der Waals surface area contributed by atoms with Crippen LogP contribution in [-0.4, -0.2) is 30.2 Å². The van der Waals surface area contributed by atoms with E-state index in [1.165, 1.54) is 0 Å². The molecule has 1 aliphatic carbocycles. The van der Waals surface area contributed by atoms with Crippen molar-refractivity contribution in [3.05, 3.63) is 0 Å². The lowest BCUT2D eigenvalue weighted by Crippen LogP contribution is -2.40. The minimum absolute atomic E-state index is 0.0516. The molecule has 0 bridgehead atoms. The number of carbonyl (C=O) groups is 1. The second-order valence-electron chi connectivity index (χ2n) is 6.40. The van der Waals surface area contributed by atoms with Gasteiger partial charge < -0.3 is 15.8 Å². The number of rotatable bonds is 4. The second kappa shape index (κ2) is 5.57. The molecule has 2 rings (SSSR count). The van der Waals surface area contributed by atoms with Crippen LogP contribution in [0.15, 0.2) is 0 Å². The molecule has 2 aliphatic rings. The van der Waals surface area contributed by atoms with E-state index in [0.29, 0.717) is 12.1 Å². The summed E-state index contributed by atoms with van der Waals surface area (Å²) in [6, 6.07) is 0.535. The van der Waals surface area contributed by atoms with Crippen molar-refractivity contribution in [3.8, 4) is 0 Å². The first-order valence-corrected chi connectivity index (χ1v) is 7.17. The highest BCUT2D eigenvalue weighted by Crippen LogP contribution is 2.29. The fourth-order valence-electron chi connectivity index (χ4n) is 3.10. The van der Waals surface area contributed by atoms with E-state index in [-0.39, 0.29) is 17.4 Å². The average molecular weight is 254 g/mol. The van der Waals surface area contributed by atoms with E-state index in [1.54, 1.807) is 0 Å². The lowest BCUT2D eigenvalue weighted by atomic mass is 9.85. The number of hydrogen-bond donors (Lipinski definition) is 2. The van der Waals surface area contributed by atoms with Gasteiger partial charge in [0.2, 0.25) is 5.91 Å². The SMILES string of the molecule is CC1(C)CCC(CNC2CCC(C(N)=O)CC2)O1.